The van der Waals surface area contributed by atoms with Crippen molar-refractivity contribution in [1.29, 1.82) is 5.26 Å². The molecule has 2 heterocycles. The molecule has 7 nitrogen and oxygen atoms in total. The second-order valence-corrected chi connectivity index (χ2v) is 4.63. The Morgan fingerprint density at radius 2 is 1.95 bits per heavy atom. The van der Waals surface area contributed by atoms with Crippen LogP contribution in [0.3, 0.4) is 0 Å². The van der Waals surface area contributed by atoms with Crippen LogP contribution in [0.4, 0.5) is 0 Å². The van der Waals surface area contributed by atoms with E-state index < -0.39 is 0 Å². The summed E-state index contributed by atoms with van der Waals surface area (Å²) < 4.78 is 1.58. The number of nitrogens with zero attached hydrogens (tertiary/aromatic N) is 7. The van der Waals surface area contributed by atoms with Gasteiger partial charge in [-0.1, -0.05) is 18.2 Å². The van der Waals surface area contributed by atoms with E-state index in [1.54, 1.807) is 10.7 Å². The molecular formula is C12H7N7S. The summed E-state index contributed by atoms with van der Waals surface area (Å²) >= 11 is 1.20. The SMILES string of the molecule is N#Cc1ccnnc1Sc1nnnn1-c1ccccc1. The van der Waals surface area contributed by atoms with E-state index in [4.69, 9.17) is 5.26 Å². The van der Waals surface area contributed by atoms with Crippen LogP contribution in [0.5, 0.6) is 0 Å². The number of para-hydroxylation sites is 1. The first-order valence-corrected chi connectivity index (χ1v) is 6.43. The van der Waals surface area contributed by atoms with Crippen molar-refractivity contribution in [2.45, 2.75) is 10.2 Å². The van der Waals surface area contributed by atoms with Crippen LogP contribution in [-0.4, -0.2) is 30.4 Å². The summed E-state index contributed by atoms with van der Waals surface area (Å²) in [5.74, 6) is 0. The van der Waals surface area contributed by atoms with Gasteiger partial charge >= 0.3 is 0 Å². The Labute approximate surface area is 118 Å². The van der Waals surface area contributed by atoms with Gasteiger partial charge in [-0.2, -0.15) is 15.0 Å². The summed E-state index contributed by atoms with van der Waals surface area (Å²) in [5, 5.41) is 29.3. The molecule has 0 N–H and O–H groups in total. The first kappa shape index (κ1) is 12.3. The lowest BCUT2D eigenvalue weighted by Gasteiger charge is -2.03. The van der Waals surface area contributed by atoms with Gasteiger partial charge < -0.3 is 0 Å². The first-order chi connectivity index (χ1) is 9.88. The van der Waals surface area contributed by atoms with Gasteiger partial charge in [0.1, 0.15) is 11.1 Å². The fraction of sp³-hybridized carbons (Fsp3) is 0. The van der Waals surface area contributed by atoms with Crippen molar-refractivity contribution in [3.8, 4) is 11.8 Å². The normalized spacial score (nSPS) is 10.2. The molecule has 0 bridgehead atoms. The molecule has 0 aliphatic heterocycles. The van der Waals surface area contributed by atoms with E-state index in [2.05, 4.69) is 31.8 Å². The molecule has 0 unspecified atom stereocenters. The second kappa shape index (κ2) is 5.46. The summed E-state index contributed by atoms with van der Waals surface area (Å²) in [6.07, 6.45) is 1.47. The molecule has 96 valence electrons. The lowest BCUT2D eigenvalue weighted by molar-refractivity contribution is 0.755. The van der Waals surface area contributed by atoms with Crippen LogP contribution in [-0.2, 0) is 0 Å². The number of hydrogen-bond acceptors (Lipinski definition) is 7. The summed E-state index contributed by atoms with van der Waals surface area (Å²) in [4.78, 5) is 0. The van der Waals surface area contributed by atoms with Crippen LogP contribution >= 0.6 is 11.8 Å². The molecule has 0 aliphatic carbocycles. The van der Waals surface area contributed by atoms with Crippen molar-refractivity contribution in [2.75, 3.05) is 0 Å². The lowest BCUT2D eigenvalue weighted by atomic mass is 10.3. The molecule has 0 radical (unpaired) electrons. The second-order valence-electron chi connectivity index (χ2n) is 3.67. The molecule has 0 fully saturated rings. The lowest BCUT2D eigenvalue weighted by Crippen LogP contribution is -1.99. The van der Waals surface area contributed by atoms with Crippen LogP contribution in [0.1, 0.15) is 5.56 Å². The topological polar surface area (TPSA) is 93.2 Å². The third kappa shape index (κ3) is 2.34. The summed E-state index contributed by atoms with van der Waals surface area (Å²) in [6, 6.07) is 13.2. The number of rotatable bonds is 3. The molecule has 0 saturated heterocycles. The van der Waals surface area contributed by atoms with Gasteiger partial charge in [0.2, 0.25) is 5.16 Å². The summed E-state index contributed by atoms with van der Waals surface area (Å²) in [6.45, 7) is 0. The Morgan fingerprint density at radius 3 is 2.75 bits per heavy atom. The van der Waals surface area contributed by atoms with Crippen LogP contribution in [0, 0.1) is 11.3 Å². The van der Waals surface area contributed by atoms with E-state index in [0.717, 1.165) is 5.69 Å². The predicted octanol–water partition coefficient (Wildman–Crippen LogP) is 1.48. The zero-order chi connectivity index (χ0) is 13.8. The molecule has 3 rings (SSSR count). The first-order valence-electron chi connectivity index (χ1n) is 5.62. The molecule has 0 spiro atoms. The van der Waals surface area contributed by atoms with Gasteiger partial charge in [0.25, 0.3) is 0 Å². The van der Waals surface area contributed by atoms with Crippen molar-refractivity contribution in [3.63, 3.8) is 0 Å². The van der Waals surface area contributed by atoms with Gasteiger partial charge in [-0.15, -0.1) is 10.2 Å². The Kier molecular flexibility index (Phi) is 3.34. The fourth-order valence-electron chi connectivity index (χ4n) is 1.54. The molecule has 0 aliphatic rings. The van der Waals surface area contributed by atoms with E-state index in [9.17, 15) is 0 Å². The Morgan fingerprint density at radius 1 is 1.10 bits per heavy atom. The molecule has 0 saturated carbocycles. The highest BCUT2D eigenvalue weighted by Gasteiger charge is 2.13. The molecular weight excluding hydrogens is 274 g/mol. The highest BCUT2D eigenvalue weighted by atomic mass is 32.2. The van der Waals surface area contributed by atoms with Crippen molar-refractivity contribution in [3.05, 3.63) is 48.2 Å². The average Bonchev–Trinajstić information content (AvgIpc) is 2.97. The maximum absolute atomic E-state index is 9.04. The monoisotopic (exact) mass is 281 g/mol. The van der Waals surface area contributed by atoms with Crippen LogP contribution in [0.15, 0.2) is 52.8 Å². The molecule has 0 amide bonds. The zero-order valence-electron chi connectivity index (χ0n) is 10.1. The third-order valence-corrected chi connectivity index (χ3v) is 3.37. The van der Waals surface area contributed by atoms with Crippen LogP contribution < -0.4 is 0 Å². The largest absolute Gasteiger partial charge is 0.220 e. The summed E-state index contributed by atoms with van der Waals surface area (Å²) in [5.41, 5.74) is 1.27. The molecule has 1 aromatic carbocycles. The molecule has 3 aromatic rings. The minimum absolute atomic E-state index is 0.438. The van der Waals surface area contributed by atoms with Gasteiger partial charge in [-0.05, 0) is 40.4 Å². The smallest absolute Gasteiger partial charge is 0.192 e. The number of benzene rings is 1. The predicted molar refractivity (Wildman–Crippen MR) is 70.0 cm³/mol. The van der Waals surface area contributed by atoms with E-state index in [-0.39, 0.29) is 0 Å². The highest BCUT2D eigenvalue weighted by molar-refractivity contribution is 7.99. The zero-order valence-corrected chi connectivity index (χ0v) is 10.9. The van der Waals surface area contributed by atoms with Gasteiger partial charge in [-0.25, -0.2) is 0 Å². The van der Waals surface area contributed by atoms with E-state index in [1.165, 1.54) is 18.0 Å². The van der Waals surface area contributed by atoms with Gasteiger partial charge in [0.05, 0.1) is 17.4 Å². The standard InChI is InChI=1S/C12H7N7S/c13-8-9-6-7-14-15-11(9)20-12-16-17-18-19(12)10-4-2-1-3-5-10/h1-7H. The van der Waals surface area contributed by atoms with Crippen molar-refractivity contribution < 1.29 is 0 Å². The minimum Gasteiger partial charge on any atom is -0.192 e. The Balaban J connectivity index is 1.98. The number of hydrogen-bond donors (Lipinski definition) is 0. The summed E-state index contributed by atoms with van der Waals surface area (Å²) in [7, 11) is 0. The molecule has 20 heavy (non-hydrogen) atoms. The van der Waals surface area contributed by atoms with Crippen LogP contribution in [0.25, 0.3) is 5.69 Å². The number of tetrazole rings is 1. The minimum atomic E-state index is 0.438. The third-order valence-electron chi connectivity index (χ3n) is 2.44. The molecule has 0 atom stereocenters. The number of nitriles is 1. The van der Waals surface area contributed by atoms with Gasteiger partial charge in [-0.3, -0.25) is 0 Å². The highest BCUT2D eigenvalue weighted by Crippen LogP contribution is 2.26. The van der Waals surface area contributed by atoms with Crippen molar-refractivity contribution in [2.24, 2.45) is 0 Å². The Bertz CT molecular complexity index is 763. The molecule has 2 aromatic heterocycles. The maximum atomic E-state index is 9.04. The van der Waals surface area contributed by atoms with E-state index in [1.807, 2.05) is 30.3 Å². The maximum Gasteiger partial charge on any atom is 0.220 e. The molecule has 8 heteroatoms. The van der Waals surface area contributed by atoms with Gasteiger partial charge in [0.15, 0.2) is 0 Å². The van der Waals surface area contributed by atoms with Crippen molar-refractivity contribution >= 4 is 11.8 Å². The van der Waals surface area contributed by atoms with Gasteiger partial charge in [0, 0.05) is 0 Å². The van der Waals surface area contributed by atoms with Crippen molar-refractivity contribution in [1.82, 2.24) is 30.4 Å². The van der Waals surface area contributed by atoms with E-state index in [0.29, 0.717) is 15.7 Å². The Hall–Kier alpha value is -2.79. The van der Waals surface area contributed by atoms with E-state index >= 15 is 0 Å². The fourth-order valence-corrected chi connectivity index (χ4v) is 2.33. The van der Waals surface area contributed by atoms with Crippen LogP contribution in [0.2, 0.25) is 0 Å². The average molecular weight is 281 g/mol. The number of aromatic nitrogens is 6. The quantitative estimate of drug-likeness (QED) is 0.717.